The van der Waals surface area contributed by atoms with Gasteiger partial charge in [0, 0.05) is 11.6 Å². The second-order valence-electron chi connectivity index (χ2n) is 5.34. The molecule has 0 saturated heterocycles. The van der Waals surface area contributed by atoms with Crippen LogP contribution in [0, 0.1) is 11.7 Å². The molecule has 0 amide bonds. The minimum absolute atomic E-state index is 0.127. The average molecular weight is 289 g/mol. The van der Waals surface area contributed by atoms with Crippen LogP contribution in [0.15, 0.2) is 18.2 Å². The van der Waals surface area contributed by atoms with E-state index in [-0.39, 0.29) is 11.6 Å². The summed E-state index contributed by atoms with van der Waals surface area (Å²) in [4.78, 5) is 0. The average Bonchev–Trinajstić information content (AvgIpc) is 3.17. The highest BCUT2D eigenvalue weighted by atomic mass is 19.4. The number of hydrogen-bond donors (Lipinski definition) is 1. The molecular weight excluding hydrogens is 270 g/mol. The zero-order chi connectivity index (χ0) is 14.8. The maximum absolute atomic E-state index is 14.1. The van der Waals surface area contributed by atoms with Crippen LogP contribution in [-0.2, 0) is 6.18 Å². The van der Waals surface area contributed by atoms with E-state index in [1.54, 1.807) is 0 Å². The third kappa shape index (κ3) is 3.72. The molecule has 0 bridgehead atoms. The van der Waals surface area contributed by atoms with Crippen molar-refractivity contribution in [2.75, 3.05) is 6.54 Å². The highest BCUT2D eigenvalue weighted by Gasteiger charge is 2.35. The van der Waals surface area contributed by atoms with Gasteiger partial charge in [0.25, 0.3) is 0 Å². The van der Waals surface area contributed by atoms with Crippen LogP contribution in [0.1, 0.15) is 49.8 Å². The second-order valence-corrected chi connectivity index (χ2v) is 5.34. The molecule has 0 heterocycles. The number of hydrogen-bond acceptors (Lipinski definition) is 1. The lowest BCUT2D eigenvalue weighted by molar-refractivity contribution is -0.140. The molecule has 1 aromatic rings. The first-order valence-electron chi connectivity index (χ1n) is 7.02. The van der Waals surface area contributed by atoms with E-state index < -0.39 is 17.6 Å². The predicted octanol–water partition coefficient (Wildman–Crippen LogP) is 4.69. The van der Waals surface area contributed by atoms with E-state index in [1.807, 2.05) is 6.92 Å². The van der Waals surface area contributed by atoms with E-state index in [2.05, 4.69) is 5.32 Å². The molecule has 2 rings (SSSR count). The van der Waals surface area contributed by atoms with E-state index in [9.17, 15) is 17.6 Å². The molecule has 0 radical (unpaired) electrons. The zero-order valence-electron chi connectivity index (χ0n) is 11.4. The number of nitrogens with one attached hydrogen (secondary N) is 1. The quantitative estimate of drug-likeness (QED) is 0.749. The SMILES string of the molecule is CCNC(CCC1CC1)c1cccc(C(F)(F)F)c1F. The number of halogens is 4. The first kappa shape index (κ1) is 15.3. The van der Waals surface area contributed by atoms with Crippen molar-refractivity contribution < 1.29 is 17.6 Å². The monoisotopic (exact) mass is 289 g/mol. The standard InChI is InChI=1S/C15H19F4N/c1-2-20-13(9-8-10-6-7-10)11-4-3-5-12(14(11)16)15(17,18)19/h3-5,10,13,20H,2,6-9H2,1H3. The van der Waals surface area contributed by atoms with Gasteiger partial charge in [-0.1, -0.05) is 31.9 Å². The van der Waals surface area contributed by atoms with Crippen LogP contribution in [0.4, 0.5) is 17.6 Å². The molecule has 1 N–H and O–H groups in total. The largest absolute Gasteiger partial charge is 0.419 e. The van der Waals surface area contributed by atoms with Gasteiger partial charge in [-0.25, -0.2) is 4.39 Å². The Labute approximate surface area is 116 Å². The minimum Gasteiger partial charge on any atom is -0.310 e. The van der Waals surface area contributed by atoms with Gasteiger partial charge in [-0.2, -0.15) is 13.2 Å². The van der Waals surface area contributed by atoms with Gasteiger partial charge in [-0.15, -0.1) is 0 Å². The van der Waals surface area contributed by atoms with E-state index in [0.717, 1.165) is 12.5 Å². The van der Waals surface area contributed by atoms with E-state index in [1.165, 1.54) is 25.0 Å². The van der Waals surface area contributed by atoms with Crippen LogP contribution in [0.3, 0.4) is 0 Å². The van der Waals surface area contributed by atoms with Crippen LogP contribution in [0.5, 0.6) is 0 Å². The molecule has 0 aromatic heterocycles. The topological polar surface area (TPSA) is 12.0 Å². The van der Waals surface area contributed by atoms with Crippen molar-refractivity contribution in [2.45, 2.75) is 44.8 Å². The summed E-state index contributed by atoms with van der Waals surface area (Å²) in [6, 6.07) is 3.18. The Kier molecular flexibility index (Phi) is 4.68. The Morgan fingerprint density at radius 1 is 1.30 bits per heavy atom. The first-order chi connectivity index (χ1) is 9.43. The lowest BCUT2D eigenvalue weighted by atomic mass is 9.97. The fourth-order valence-corrected chi connectivity index (χ4v) is 2.46. The summed E-state index contributed by atoms with van der Waals surface area (Å²) in [5.74, 6) is -0.466. The number of alkyl halides is 3. The van der Waals surface area contributed by atoms with Gasteiger partial charge >= 0.3 is 6.18 Å². The highest BCUT2D eigenvalue weighted by Crippen LogP contribution is 2.38. The number of benzene rings is 1. The summed E-state index contributed by atoms with van der Waals surface area (Å²) < 4.78 is 52.3. The number of rotatable bonds is 6. The van der Waals surface area contributed by atoms with Gasteiger partial charge in [0.2, 0.25) is 0 Å². The summed E-state index contributed by atoms with van der Waals surface area (Å²) in [6.07, 6.45) is -0.661. The van der Waals surface area contributed by atoms with Gasteiger partial charge in [-0.05, 0) is 31.4 Å². The van der Waals surface area contributed by atoms with Crippen molar-refractivity contribution in [2.24, 2.45) is 5.92 Å². The summed E-state index contributed by atoms with van der Waals surface area (Å²) in [5, 5.41) is 3.09. The second kappa shape index (κ2) is 6.12. The van der Waals surface area contributed by atoms with Crippen molar-refractivity contribution >= 4 is 0 Å². The van der Waals surface area contributed by atoms with Crippen LogP contribution in [-0.4, -0.2) is 6.54 Å². The van der Waals surface area contributed by atoms with Gasteiger partial charge in [-0.3, -0.25) is 0 Å². The minimum atomic E-state index is -4.65. The van der Waals surface area contributed by atoms with Crippen molar-refractivity contribution in [3.8, 4) is 0 Å². The van der Waals surface area contributed by atoms with Gasteiger partial charge in [0.15, 0.2) is 0 Å². The lowest BCUT2D eigenvalue weighted by Crippen LogP contribution is -2.23. The Morgan fingerprint density at radius 3 is 2.55 bits per heavy atom. The van der Waals surface area contributed by atoms with Crippen molar-refractivity contribution in [1.82, 2.24) is 5.32 Å². The molecule has 1 aliphatic carbocycles. The first-order valence-corrected chi connectivity index (χ1v) is 7.02. The summed E-state index contributed by atoms with van der Waals surface area (Å²) in [7, 11) is 0. The Bertz CT molecular complexity index is 452. The molecule has 0 spiro atoms. The summed E-state index contributed by atoms with van der Waals surface area (Å²) in [5.41, 5.74) is -1.05. The molecule has 1 fully saturated rings. The molecule has 1 saturated carbocycles. The van der Waals surface area contributed by atoms with Crippen molar-refractivity contribution in [3.63, 3.8) is 0 Å². The van der Waals surface area contributed by atoms with Crippen LogP contribution in [0.2, 0.25) is 0 Å². The molecule has 112 valence electrons. The van der Waals surface area contributed by atoms with Crippen molar-refractivity contribution in [1.29, 1.82) is 0 Å². The van der Waals surface area contributed by atoms with Crippen LogP contribution >= 0.6 is 0 Å². The molecule has 1 nitrogen and oxygen atoms in total. The lowest BCUT2D eigenvalue weighted by Gasteiger charge is -2.20. The Morgan fingerprint density at radius 2 is 2.00 bits per heavy atom. The van der Waals surface area contributed by atoms with E-state index in [4.69, 9.17) is 0 Å². The predicted molar refractivity (Wildman–Crippen MR) is 69.8 cm³/mol. The van der Waals surface area contributed by atoms with Crippen LogP contribution in [0.25, 0.3) is 0 Å². The molecule has 20 heavy (non-hydrogen) atoms. The summed E-state index contributed by atoms with van der Waals surface area (Å²) in [6.45, 7) is 2.47. The van der Waals surface area contributed by atoms with Crippen LogP contribution < -0.4 is 5.32 Å². The third-order valence-corrected chi connectivity index (χ3v) is 3.72. The fourth-order valence-electron chi connectivity index (χ4n) is 2.46. The maximum Gasteiger partial charge on any atom is 0.419 e. The molecule has 5 heteroatoms. The normalized spacial score (nSPS) is 17.2. The zero-order valence-corrected chi connectivity index (χ0v) is 11.4. The molecule has 1 aliphatic rings. The smallest absolute Gasteiger partial charge is 0.310 e. The Hall–Kier alpha value is -1.10. The third-order valence-electron chi connectivity index (χ3n) is 3.72. The van der Waals surface area contributed by atoms with Crippen molar-refractivity contribution in [3.05, 3.63) is 35.1 Å². The van der Waals surface area contributed by atoms with Gasteiger partial charge in [0.05, 0.1) is 5.56 Å². The Balaban J connectivity index is 2.22. The van der Waals surface area contributed by atoms with E-state index >= 15 is 0 Å². The van der Waals surface area contributed by atoms with Gasteiger partial charge < -0.3 is 5.32 Å². The molecular formula is C15H19F4N. The van der Waals surface area contributed by atoms with Gasteiger partial charge in [0.1, 0.15) is 5.82 Å². The fraction of sp³-hybridized carbons (Fsp3) is 0.600. The summed E-state index contributed by atoms with van der Waals surface area (Å²) >= 11 is 0. The molecule has 0 aliphatic heterocycles. The molecule has 1 atom stereocenters. The maximum atomic E-state index is 14.1. The highest BCUT2D eigenvalue weighted by molar-refractivity contribution is 5.30. The molecule has 1 unspecified atom stereocenters. The van der Waals surface area contributed by atoms with E-state index in [0.29, 0.717) is 18.9 Å². The molecule has 1 aromatic carbocycles.